The monoisotopic (exact) mass is 1230 g/mol. The first kappa shape index (κ1) is 74.6. The summed E-state index contributed by atoms with van der Waals surface area (Å²) in [6.45, 7) is 36.4. The molecule has 0 aliphatic carbocycles. The number of pyridine rings is 2. The summed E-state index contributed by atoms with van der Waals surface area (Å²) in [6.07, 6.45) is 30.8. The van der Waals surface area contributed by atoms with Gasteiger partial charge in [-0.25, -0.2) is 0 Å². The van der Waals surface area contributed by atoms with Crippen molar-refractivity contribution in [3.05, 3.63) is 263 Å². The molecule has 0 saturated heterocycles. The van der Waals surface area contributed by atoms with E-state index in [1.165, 1.54) is 79.1 Å². The molecule has 10 heteroatoms. The highest BCUT2D eigenvalue weighted by Crippen LogP contribution is 2.23. The Morgan fingerprint density at radius 3 is 1.53 bits per heavy atom. The molecule has 0 aliphatic heterocycles. The first-order valence-electron chi connectivity index (χ1n) is 32.6. The summed E-state index contributed by atoms with van der Waals surface area (Å²) < 4.78 is 6.20. The Kier molecular flexibility index (Phi) is 34.3. The van der Waals surface area contributed by atoms with E-state index in [-0.39, 0.29) is 0 Å². The first-order chi connectivity index (χ1) is 43.1. The molecule has 9 nitrogen and oxygen atoms in total. The molecule has 0 bridgehead atoms. The number of hydrogen-bond acceptors (Lipinski definition) is 5. The Balaban J connectivity index is 0.000000227. The normalized spacial score (nSPS) is 11.0. The van der Waals surface area contributed by atoms with Gasteiger partial charge in [-0.15, -0.1) is 0 Å². The van der Waals surface area contributed by atoms with Crippen molar-refractivity contribution in [3.8, 4) is 0 Å². The lowest BCUT2D eigenvalue weighted by molar-refractivity contribution is 0.635. The lowest BCUT2D eigenvalue weighted by Crippen LogP contribution is -1.99. The number of aromatic amines is 1. The maximum Gasteiger partial charge on any atom is 0.0659 e. The molecular formula is C80H108ClN9. The molecule has 2 N–H and O–H groups in total. The molecule has 0 radical (unpaired) electrons. The van der Waals surface area contributed by atoms with Crippen LogP contribution in [0.4, 0.5) is 0 Å². The van der Waals surface area contributed by atoms with Crippen molar-refractivity contribution < 1.29 is 0 Å². The molecule has 4 aromatic carbocycles. The van der Waals surface area contributed by atoms with Crippen LogP contribution in [0.25, 0.3) is 21.8 Å². The maximum atomic E-state index is 6.83. The Hall–Kier alpha value is -7.88. The number of nitrogens with one attached hydrogen (secondary N) is 2. The second-order valence-electron chi connectivity index (χ2n) is 26.3. The second kappa shape index (κ2) is 41.4. The molecule has 6 aromatic heterocycles. The predicted molar refractivity (Wildman–Crippen MR) is 388 cm³/mol. The predicted octanol–water partition coefficient (Wildman–Crippen LogP) is 21.0. The number of fused-ring (bicyclic) bond motifs is 2. The molecule has 6 heterocycles. The fourth-order valence-corrected chi connectivity index (χ4v) is 10.3. The van der Waals surface area contributed by atoms with Gasteiger partial charge >= 0.3 is 0 Å². The lowest BCUT2D eigenvalue weighted by atomic mass is 10.0. The van der Waals surface area contributed by atoms with Crippen LogP contribution in [0.5, 0.6) is 0 Å². The van der Waals surface area contributed by atoms with Crippen LogP contribution in [0.2, 0.25) is 5.02 Å². The minimum absolute atomic E-state index is 0.643. The van der Waals surface area contributed by atoms with Gasteiger partial charge in [0.05, 0.1) is 25.5 Å². The molecule has 0 saturated carbocycles. The third-order valence-electron chi connectivity index (χ3n) is 13.9. The zero-order valence-electron chi connectivity index (χ0n) is 57.3. The zero-order chi connectivity index (χ0) is 65.8. The first-order valence-corrected chi connectivity index (χ1v) is 33.0. The third-order valence-corrected chi connectivity index (χ3v) is 14.2. The number of H-pyrrole nitrogens is 1. The van der Waals surface area contributed by atoms with Crippen LogP contribution in [0.15, 0.2) is 214 Å². The quantitative estimate of drug-likeness (QED) is 0.0586. The molecule has 0 atom stereocenters. The van der Waals surface area contributed by atoms with E-state index in [0.717, 1.165) is 80.0 Å². The Morgan fingerprint density at radius 1 is 0.500 bits per heavy atom. The van der Waals surface area contributed by atoms with Gasteiger partial charge in [0.1, 0.15) is 0 Å². The van der Waals surface area contributed by atoms with E-state index < -0.39 is 0 Å². The second-order valence-corrected chi connectivity index (χ2v) is 26.8. The summed E-state index contributed by atoms with van der Waals surface area (Å²) >= 11 is 5.85. The number of hydrogen-bond donors (Lipinski definition) is 2. The summed E-state index contributed by atoms with van der Waals surface area (Å²) in [4.78, 5) is 11.6. The van der Waals surface area contributed by atoms with Gasteiger partial charge in [0.15, 0.2) is 0 Å². The molecule has 480 valence electrons. The number of nitrogens with zero attached hydrogens (tertiary/aromatic N) is 7. The van der Waals surface area contributed by atoms with E-state index in [1.807, 2.05) is 95.0 Å². The molecule has 0 amide bonds. The summed E-state index contributed by atoms with van der Waals surface area (Å²) in [7, 11) is 2.12. The number of para-hydroxylation sites is 2. The fraction of sp³-hybridized carbons (Fsp3) is 0.388. The van der Waals surface area contributed by atoms with Crippen molar-refractivity contribution >= 4 is 39.6 Å². The van der Waals surface area contributed by atoms with Crippen LogP contribution in [-0.2, 0) is 58.7 Å². The molecular weight excluding hydrogens is 1120 g/mol. The van der Waals surface area contributed by atoms with Crippen LogP contribution in [-0.4, -0.2) is 45.3 Å². The van der Waals surface area contributed by atoms with E-state index in [4.69, 9.17) is 17.0 Å². The summed E-state index contributed by atoms with van der Waals surface area (Å²) in [6, 6.07) is 45.6. The van der Waals surface area contributed by atoms with Gasteiger partial charge < -0.3 is 15.0 Å². The maximum absolute atomic E-state index is 6.83. The summed E-state index contributed by atoms with van der Waals surface area (Å²) in [5, 5.41) is 19.1. The van der Waals surface area contributed by atoms with Gasteiger partial charge in [-0.2, -0.15) is 10.2 Å². The molecule has 0 spiro atoms. The van der Waals surface area contributed by atoms with Crippen molar-refractivity contribution in [3.63, 3.8) is 0 Å². The summed E-state index contributed by atoms with van der Waals surface area (Å²) in [5.74, 6) is 4.88. The molecule has 0 aliphatic rings. The Labute approximate surface area is 547 Å². The van der Waals surface area contributed by atoms with E-state index in [1.54, 1.807) is 6.08 Å². The van der Waals surface area contributed by atoms with Crippen molar-refractivity contribution in [2.24, 2.45) is 48.5 Å². The van der Waals surface area contributed by atoms with Crippen LogP contribution in [0.1, 0.15) is 148 Å². The van der Waals surface area contributed by atoms with E-state index >= 15 is 0 Å². The Morgan fingerprint density at radius 2 is 1.01 bits per heavy atom. The van der Waals surface area contributed by atoms with Crippen molar-refractivity contribution in [1.82, 2.24) is 39.1 Å². The van der Waals surface area contributed by atoms with E-state index in [9.17, 15) is 0 Å². The average molecular weight is 1230 g/mol. The highest BCUT2D eigenvalue weighted by Gasteiger charge is 2.09. The summed E-state index contributed by atoms with van der Waals surface area (Å²) in [5.41, 5.74) is 14.3. The zero-order valence-corrected chi connectivity index (χ0v) is 58.0. The number of halogens is 1. The topological polar surface area (TPSA) is 106 Å². The number of aryl methyl sites for hydroxylation is 1. The molecule has 10 aromatic rings. The molecule has 0 unspecified atom stereocenters. The van der Waals surface area contributed by atoms with Gasteiger partial charge in [0, 0.05) is 89.2 Å². The standard InChI is InChI=1S/C14H17ClN2.C14H18N2.C13H17N.C12H15N.2C9H13N.C9H15N/c1-11(2)7-13-8-16-17(10-13)9-12-3-5-14(15)6-4-12;1-12(2)8-14-9-15-16(11-14)10-13-6-4-3-5-7-13;1-10(2)8-11-9-14(3)13-7-5-4-6-12(11)13;1-9(2)7-10-8-13-12-6-4-3-5-11(10)12;1-8(2)6-9-4-3-5-10-7-9;1-8(2)7-9-5-3-4-6-10-9;1-4-9(5-6-10)7-8(2)3/h3-6,8,10-11H,7,9H2,1-2H3;3-7,9,11-12H,8,10H2,1-2H3;4-7,9-10H,8H2,1-3H3;3-6,8-9,13H,7H2,1-2H3;3-5,7-8H,6H2,1-2H3;3-6,8H,7H2,1-2H3;4-6,8,10H,1,7H2,2-3H3/b;;;;;;9-5+,10-6?. The van der Waals surface area contributed by atoms with Crippen molar-refractivity contribution in [2.45, 2.75) is 155 Å². The van der Waals surface area contributed by atoms with Gasteiger partial charge in [-0.05, 0) is 179 Å². The van der Waals surface area contributed by atoms with Gasteiger partial charge in [0.25, 0.3) is 0 Å². The molecule has 0 fully saturated rings. The van der Waals surface area contributed by atoms with E-state index in [0.29, 0.717) is 23.7 Å². The van der Waals surface area contributed by atoms with Gasteiger partial charge in [-0.3, -0.25) is 19.3 Å². The SMILES string of the molecule is C=C/C(=C\C=N)CC(C)C.CC(C)Cc1c[nH]c2ccccc12.CC(C)Cc1ccccn1.CC(C)Cc1cccnc1.CC(C)Cc1cn(C)c2ccccc12.CC(C)Cc1cnn(Cc2ccc(Cl)cc2)c1.CC(C)Cc1cnn(Cc2ccccc2)c1. The van der Waals surface area contributed by atoms with Crippen LogP contribution in [0.3, 0.4) is 0 Å². The van der Waals surface area contributed by atoms with Gasteiger partial charge in [-0.1, -0.05) is 212 Å². The lowest BCUT2D eigenvalue weighted by Gasteiger charge is -2.02. The van der Waals surface area contributed by atoms with Crippen molar-refractivity contribution in [2.75, 3.05) is 0 Å². The minimum Gasteiger partial charge on any atom is -0.361 e. The largest absolute Gasteiger partial charge is 0.361 e. The van der Waals surface area contributed by atoms with Crippen LogP contribution >= 0.6 is 11.6 Å². The smallest absolute Gasteiger partial charge is 0.0659 e. The average Bonchev–Trinajstić information content (AvgIpc) is 1.96. The van der Waals surface area contributed by atoms with Gasteiger partial charge in [0.2, 0.25) is 0 Å². The number of aromatic nitrogens is 8. The van der Waals surface area contributed by atoms with E-state index in [2.05, 4.69) is 250 Å². The number of rotatable bonds is 20. The Bertz CT molecular complexity index is 3480. The number of allylic oxidation sites excluding steroid dienone is 3. The molecule has 90 heavy (non-hydrogen) atoms. The molecule has 10 rings (SSSR count). The highest BCUT2D eigenvalue weighted by molar-refractivity contribution is 6.30. The number of benzene rings is 4. The highest BCUT2D eigenvalue weighted by atomic mass is 35.5. The van der Waals surface area contributed by atoms with Crippen LogP contribution in [0, 0.1) is 46.8 Å². The fourth-order valence-electron chi connectivity index (χ4n) is 10.2. The third kappa shape index (κ3) is 30.6. The van der Waals surface area contributed by atoms with Crippen molar-refractivity contribution in [1.29, 1.82) is 5.41 Å². The van der Waals surface area contributed by atoms with Crippen LogP contribution < -0.4 is 0 Å². The minimum atomic E-state index is 0.643.